The molecule has 0 aliphatic carbocycles. The number of para-hydroxylation sites is 2. The van der Waals surface area contributed by atoms with Gasteiger partial charge in [-0.2, -0.15) is 5.10 Å². The van der Waals surface area contributed by atoms with Gasteiger partial charge in [0.1, 0.15) is 12.4 Å². The van der Waals surface area contributed by atoms with E-state index in [0.717, 1.165) is 47.5 Å². The number of halogens is 2. The Morgan fingerprint density at radius 2 is 1.73 bits per heavy atom. The molecule has 4 rings (SSSR count). The highest BCUT2D eigenvalue weighted by molar-refractivity contribution is 14.1. The van der Waals surface area contributed by atoms with E-state index in [9.17, 15) is 0 Å². The predicted octanol–water partition coefficient (Wildman–Crippen LogP) is 6.29. The molecule has 7 heteroatoms. The number of nitrogens with zero attached hydrogens (tertiary/aromatic N) is 3. The second-order valence-electron chi connectivity index (χ2n) is 6.63. The van der Waals surface area contributed by atoms with E-state index in [-0.39, 0.29) is 0 Å². The van der Waals surface area contributed by atoms with Crippen molar-refractivity contribution in [2.45, 2.75) is 20.1 Å². The first-order chi connectivity index (χ1) is 14.7. The van der Waals surface area contributed by atoms with E-state index < -0.39 is 0 Å². The highest BCUT2D eigenvalue weighted by Crippen LogP contribution is 2.29. The highest BCUT2D eigenvalue weighted by atomic mass is 127. The summed E-state index contributed by atoms with van der Waals surface area (Å²) in [5.74, 6) is 1.64. The van der Waals surface area contributed by atoms with Crippen LogP contribution in [0.5, 0.6) is 5.75 Å². The zero-order valence-corrected chi connectivity index (χ0v) is 20.7. The number of rotatable bonds is 7. The number of anilines is 1. The molecule has 1 heterocycles. The Bertz CT molecular complexity index is 1170. The van der Waals surface area contributed by atoms with Crippen LogP contribution in [0, 0.1) is 7.14 Å². The summed E-state index contributed by atoms with van der Waals surface area (Å²) in [4.78, 5) is 4.63. The molecule has 0 spiro atoms. The van der Waals surface area contributed by atoms with Crippen molar-refractivity contribution in [1.29, 1.82) is 0 Å². The molecule has 0 aliphatic rings. The fraction of sp³-hybridized carbons (Fsp3) is 0.130. The maximum absolute atomic E-state index is 6.06. The number of hydrazone groups is 1. The Balaban J connectivity index is 1.48. The molecule has 3 aromatic carbocycles. The van der Waals surface area contributed by atoms with Crippen molar-refractivity contribution < 1.29 is 4.74 Å². The number of imidazole rings is 1. The van der Waals surface area contributed by atoms with E-state index in [4.69, 9.17) is 4.74 Å². The molecule has 30 heavy (non-hydrogen) atoms. The van der Waals surface area contributed by atoms with Gasteiger partial charge < -0.3 is 9.30 Å². The molecule has 4 aromatic rings. The molecular weight excluding hydrogens is 602 g/mol. The number of aromatic nitrogens is 2. The third-order valence-corrected chi connectivity index (χ3v) is 6.20. The Hall–Kier alpha value is -2.14. The molecule has 1 N–H and O–H groups in total. The Morgan fingerprint density at radius 1 is 1.03 bits per heavy atom. The van der Waals surface area contributed by atoms with Crippen LogP contribution in [-0.4, -0.2) is 15.8 Å². The molecule has 0 atom stereocenters. The van der Waals surface area contributed by atoms with Crippen LogP contribution >= 0.6 is 45.2 Å². The van der Waals surface area contributed by atoms with E-state index in [1.807, 2.05) is 42.6 Å². The second-order valence-corrected chi connectivity index (χ2v) is 8.95. The molecule has 5 nitrogen and oxygen atoms in total. The predicted molar refractivity (Wildman–Crippen MR) is 139 cm³/mol. The van der Waals surface area contributed by atoms with Crippen molar-refractivity contribution in [1.82, 2.24) is 9.55 Å². The van der Waals surface area contributed by atoms with Gasteiger partial charge in [-0.3, -0.25) is 0 Å². The number of hydrogen-bond acceptors (Lipinski definition) is 4. The van der Waals surface area contributed by atoms with E-state index in [1.165, 1.54) is 0 Å². The SMILES string of the molecule is CCn1c(N/N=C\c2cc(I)c(OCc3ccccc3)c(I)c2)nc2ccccc21. The van der Waals surface area contributed by atoms with Gasteiger partial charge in [0.2, 0.25) is 5.95 Å². The minimum atomic E-state index is 0.551. The molecule has 152 valence electrons. The Labute approximate surface area is 202 Å². The van der Waals surface area contributed by atoms with Crippen LogP contribution in [0.4, 0.5) is 5.95 Å². The lowest BCUT2D eigenvalue weighted by molar-refractivity contribution is 0.302. The minimum absolute atomic E-state index is 0.551. The van der Waals surface area contributed by atoms with Crippen LogP contribution in [0.25, 0.3) is 11.0 Å². The topological polar surface area (TPSA) is 51.4 Å². The van der Waals surface area contributed by atoms with Crippen molar-refractivity contribution in [2.24, 2.45) is 5.10 Å². The molecule has 0 saturated carbocycles. The molecule has 0 bridgehead atoms. The fourth-order valence-electron chi connectivity index (χ4n) is 3.17. The third-order valence-electron chi connectivity index (χ3n) is 4.60. The Kier molecular flexibility index (Phi) is 6.88. The molecule has 0 amide bonds. The summed E-state index contributed by atoms with van der Waals surface area (Å²) in [6.07, 6.45) is 1.81. The number of hydrogen-bond donors (Lipinski definition) is 1. The van der Waals surface area contributed by atoms with Gasteiger partial charge in [0.25, 0.3) is 0 Å². The lowest BCUT2D eigenvalue weighted by Crippen LogP contribution is -2.02. The van der Waals surface area contributed by atoms with Crippen molar-refractivity contribution >= 4 is 68.4 Å². The van der Waals surface area contributed by atoms with Crippen molar-refractivity contribution in [3.63, 3.8) is 0 Å². The summed E-state index contributed by atoms with van der Waals surface area (Å²) in [7, 11) is 0. The molecular formula is C23H20I2N4O. The van der Waals surface area contributed by atoms with Crippen LogP contribution in [0.1, 0.15) is 18.1 Å². The normalized spacial score (nSPS) is 11.3. The number of aryl methyl sites for hydroxylation is 1. The Morgan fingerprint density at radius 3 is 2.47 bits per heavy atom. The number of benzene rings is 3. The standard InChI is InChI=1S/C23H20I2N4O/c1-2-29-21-11-7-6-10-20(21)27-23(29)28-26-14-17-12-18(24)22(19(25)13-17)30-15-16-8-4-3-5-9-16/h3-14H,2,15H2,1H3,(H,27,28)/b26-14-. The molecule has 0 fully saturated rings. The van der Waals surface area contributed by atoms with Gasteiger partial charge >= 0.3 is 0 Å². The van der Waals surface area contributed by atoms with E-state index >= 15 is 0 Å². The van der Waals surface area contributed by atoms with E-state index in [2.05, 4.69) is 103 Å². The van der Waals surface area contributed by atoms with Gasteiger partial charge in [-0.25, -0.2) is 10.4 Å². The van der Waals surface area contributed by atoms with Crippen LogP contribution in [-0.2, 0) is 13.2 Å². The first-order valence-electron chi connectivity index (χ1n) is 9.56. The van der Waals surface area contributed by atoms with Crippen molar-refractivity contribution in [3.05, 3.63) is 85.0 Å². The maximum Gasteiger partial charge on any atom is 0.224 e. The van der Waals surface area contributed by atoms with Crippen molar-refractivity contribution in [2.75, 3.05) is 5.43 Å². The molecule has 1 aromatic heterocycles. The van der Waals surface area contributed by atoms with Gasteiger partial charge in [-0.1, -0.05) is 42.5 Å². The average Bonchev–Trinajstić information content (AvgIpc) is 3.11. The van der Waals surface area contributed by atoms with Crippen LogP contribution in [0.2, 0.25) is 0 Å². The van der Waals surface area contributed by atoms with Gasteiger partial charge in [-0.15, -0.1) is 0 Å². The zero-order chi connectivity index (χ0) is 20.9. The van der Waals surface area contributed by atoms with Crippen LogP contribution < -0.4 is 10.2 Å². The van der Waals surface area contributed by atoms with Gasteiger partial charge in [0.05, 0.1) is 24.4 Å². The second kappa shape index (κ2) is 9.78. The maximum atomic E-state index is 6.06. The van der Waals surface area contributed by atoms with Gasteiger partial charge in [-0.05, 0) is 87.5 Å². The lowest BCUT2D eigenvalue weighted by Gasteiger charge is -2.11. The largest absolute Gasteiger partial charge is 0.487 e. The molecule has 0 radical (unpaired) electrons. The summed E-state index contributed by atoms with van der Waals surface area (Å²) in [6.45, 7) is 3.47. The average molecular weight is 622 g/mol. The summed E-state index contributed by atoms with van der Waals surface area (Å²) in [5.41, 5.74) is 7.30. The van der Waals surface area contributed by atoms with Gasteiger partial charge in [0, 0.05) is 6.54 Å². The highest BCUT2D eigenvalue weighted by Gasteiger charge is 2.10. The summed E-state index contributed by atoms with van der Waals surface area (Å²) >= 11 is 4.62. The van der Waals surface area contributed by atoms with Gasteiger partial charge in [0.15, 0.2) is 0 Å². The van der Waals surface area contributed by atoms with Crippen LogP contribution in [0.15, 0.2) is 71.8 Å². The minimum Gasteiger partial charge on any atom is -0.487 e. The summed E-state index contributed by atoms with van der Waals surface area (Å²) in [5, 5.41) is 4.42. The third kappa shape index (κ3) is 4.77. The number of nitrogens with one attached hydrogen (secondary N) is 1. The fourth-order valence-corrected chi connectivity index (χ4v) is 5.29. The summed E-state index contributed by atoms with van der Waals surface area (Å²) < 4.78 is 10.3. The number of fused-ring (bicyclic) bond motifs is 1. The number of ether oxygens (including phenoxy) is 1. The lowest BCUT2D eigenvalue weighted by atomic mass is 10.2. The quantitative estimate of drug-likeness (QED) is 0.150. The first kappa shape index (κ1) is 21.1. The first-order valence-corrected chi connectivity index (χ1v) is 11.7. The van der Waals surface area contributed by atoms with Crippen molar-refractivity contribution in [3.8, 4) is 5.75 Å². The molecule has 0 aliphatic heterocycles. The van der Waals surface area contributed by atoms with E-state index in [0.29, 0.717) is 6.61 Å². The summed E-state index contributed by atoms with van der Waals surface area (Å²) in [6, 6.07) is 22.4. The molecule has 0 saturated heterocycles. The monoisotopic (exact) mass is 622 g/mol. The van der Waals surface area contributed by atoms with E-state index in [1.54, 1.807) is 0 Å². The smallest absolute Gasteiger partial charge is 0.224 e. The van der Waals surface area contributed by atoms with Crippen LogP contribution in [0.3, 0.4) is 0 Å². The molecule has 0 unspecified atom stereocenters. The zero-order valence-electron chi connectivity index (χ0n) is 16.3.